The summed E-state index contributed by atoms with van der Waals surface area (Å²) in [6.07, 6.45) is 4.67. The molecule has 21 heavy (non-hydrogen) atoms. The summed E-state index contributed by atoms with van der Waals surface area (Å²) < 4.78 is 11.4. The van der Waals surface area contributed by atoms with Crippen molar-refractivity contribution in [2.24, 2.45) is 0 Å². The Hall–Kier alpha value is -0.710. The molecule has 0 amide bonds. The van der Waals surface area contributed by atoms with Gasteiger partial charge in [-0.2, -0.15) is 0 Å². The lowest BCUT2D eigenvalue weighted by Crippen LogP contribution is -2.47. The fraction of sp³-hybridized carbons (Fsp3) is 0.647. The molecule has 0 spiro atoms. The van der Waals surface area contributed by atoms with E-state index < -0.39 is 10.8 Å². The molecule has 0 atom stereocenters. The highest BCUT2D eigenvalue weighted by molar-refractivity contribution is 7.85. The molecule has 3 nitrogen and oxygen atoms in total. The fourth-order valence-corrected chi connectivity index (χ4v) is 4.69. The minimum absolute atomic E-state index is 0.544. The second kappa shape index (κ2) is 7.52. The molecule has 2 saturated heterocycles. The van der Waals surface area contributed by atoms with Crippen LogP contribution in [0.15, 0.2) is 30.3 Å². The third-order valence-electron chi connectivity index (χ3n) is 4.70. The van der Waals surface area contributed by atoms with Gasteiger partial charge in [0.1, 0.15) is 0 Å². The summed E-state index contributed by atoms with van der Waals surface area (Å²) in [5.41, 5.74) is 1.42. The summed E-state index contributed by atoms with van der Waals surface area (Å²) in [6, 6.07) is 12.0. The molecule has 1 N–H and O–H groups in total. The number of rotatable bonds is 4. The maximum absolute atomic E-state index is 11.4. The second-order valence-electron chi connectivity index (χ2n) is 6.33. The molecule has 2 aliphatic heterocycles. The molecular weight excluding hydrogens is 280 g/mol. The first-order chi connectivity index (χ1) is 10.3. The molecule has 0 aliphatic carbocycles. The molecule has 2 fully saturated rings. The van der Waals surface area contributed by atoms with Crippen LogP contribution in [0.3, 0.4) is 0 Å². The van der Waals surface area contributed by atoms with E-state index in [9.17, 15) is 4.21 Å². The zero-order valence-electron chi connectivity index (χ0n) is 12.7. The van der Waals surface area contributed by atoms with Gasteiger partial charge in [0.2, 0.25) is 0 Å². The van der Waals surface area contributed by atoms with Crippen molar-refractivity contribution in [3.05, 3.63) is 35.9 Å². The number of hydrogen-bond donors (Lipinski definition) is 1. The van der Waals surface area contributed by atoms with Crippen LogP contribution < -0.4 is 5.32 Å². The van der Waals surface area contributed by atoms with Crippen molar-refractivity contribution in [2.45, 2.75) is 44.3 Å². The van der Waals surface area contributed by atoms with Crippen molar-refractivity contribution in [3.8, 4) is 0 Å². The first kappa shape index (κ1) is 15.2. The SMILES string of the molecule is O=S1CCC(NC2CCN(Cc3ccccc3)CC2)CC1. The summed E-state index contributed by atoms with van der Waals surface area (Å²) in [5.74, 6) is 1.79. The Morgan fingerprint density at radius 1 is 1.00 bits per heavy atom. The third kappa shape index (κ3) is 4.63. The largest absolute Gasteiger partial charge is 0.311 e. The average Bonchev–Trinajstić information content (AvgIpc) is 2.53. The highest BCUT2D eigenvalue weighted by Crippen LogP contribution is 2.17. The molecule has 0 unspecified atom stereocenters. The van der Waals surface area contributed by atoms with E-state index in [1.54, 1.807) is 0 Å². The first-order valence-electron chi connectivity index (χ1n) is 8.17. The molecule has 0 radical (unpaired) electrons. The molecule has 0 aromatic heterocycles. The van der Waals surface area contributed by atoms with Gasteiger partial charge in [-0.15, -0.1) is 0 Å². The van der Waals surface area contributed by atoms with E-state index in [4.69, 9.17) is 0 Å². The van der Waals surface area contributed by atoms with Gasteiger partial charge >= 0.3 is 0 Å². The number of nitrogens with zero attached hydrogens (tertiary/aromatic N) is 1. The monoisotopic (exact) mass is 306 g/mol. The minimum atomic E-state index is -0.544. The first-order valence-corrected chi connectivity index (χ1v) is 9.66. The van der Waals surface area contributed by atoms with E-state index in [-0.39, 0.29) is 0 Å². The summed E-state index contributed by atoms with van der Waals surface area (Å²) in [7, 11) is -0.544. The smallest absolute Gasteiger partial charge is 0.0249 e. The lowest BCUT2D eigenvalue weighted by Gasteiger charge is -2.35. The quantitative estimate of drug-likeness (QED) is 0.925. The summed E-state index contributed by atoms with van der Waals surface area (Å²) in [4.78, 5) is 2.56. The van der Waals surface area contributed by atoms with Crippen LogP contribution >= 0.6 is 0 Å². The van der Waals surface area contributed by atoms with E-state index >= 15 is 0 Å². The maximum atomic E-state index is 11.4. The topological polar surface area (TPSA) is 32.3 Å². The normalized spacial score (nSPS) is 28.6. The summed E-state index contributed by atoms with van der Waals surface area (Å²) in [6.45, 7) is 3.45. The van der Waals surface area contributed by atoms with Crippen LogP contribution in [0, 0.1) is 0 Å². The molecule has 0 bridgehead atoms. The number of hydrogen-bond acceptors (Lipinski definition) is 3. The molecule has 2 heterocycles. The van der Waals surface area contributed by atoms with Crippen molar-refractivity contribution in [1.29, 1.82) is 0 Å². The van der Waals surface area contributed by atoms with Crippen molar-refractivity contribution >= 4 is 10.8 Å². The number of likely N-dealkylation sites (tertiary alicyclic amines) is 1. The third-order valence-corrected chi connectivity index (χ3v) is 6.08. The van der Waals surface area contributed by atoms with Gasteiger partial charge in [-0.05, 0) is 44.3 Å². The molecular formula is C17H26N2OS. The zero-order chi connectivity index (χ0) is 14.5. The van der Waals surface area contributed by atoms with E-state index in [0.29, 0.717) is 12.1 Å². The summed E-state index contributed by atoms with van der Waals surface area (Å²) >= 11 is 0. The van der Waals surface area contributed by atoms with E-state index in [0.717, 1.165) is 30.9 Å². The summed E-state index contributed by atoms with van der Waals surface area (Å²) in [5, 5.41) is 3.80. The van der Waals surface area contributed by atoms with Gasteiger partial charge in [-0.25, -0.2) is 0 Å². The Bertz CT molecular complexity index is 447. The highest BCUT2D eigenvalue weighted by atomic mass is 32.2. The molecule has 2 aliphatic rings. The van der Waals surface area contributed by atoms with E-state index in [2.05, 4.69) is 40.5 Å². The standard InChI is InChI=1S/C17H26N2OS/c20-21-12-8-17(9-13-21)18-16-6-10-19(11-7-16)14-15-4-2-1-3-5-15/h1-5,16-18H,6-14H2. The lowest BCUT2D eigenvalue weighted by atomic mass is 10.0. The average molecular weight is 306 g/mol. The van der Waals surface area contributed by atoms with Gasteiger partial charge in [0.05, 0.1) is 0 Å². The van der Waals surface area contributed by atoms with E-state index in [1.165, 1.54) is 31.5 Å². The molecule has 116 valence electrons. The second-order valence-corrected chi connectivity index (χ2v) is 8.02. The predicted octanol–water partition coefficient (Wildman–Crippen LogP) is 2.15. The molecule has 4 heteroatoms. The van der Waals surface area contributed by atoms with Gasteiger partial charge in [-0.3, -0.25) is 9.11 Å². The number of benzene rings is 1. The van der Waals surface area contributed by atoms with Gasteiger partial charge in [0, 0.05) is 40.9 Å². The van der Waals surface area contributed by atoms with Crippen LogP contribution in [0.4, 0.5) is 0 Å². The zero-order valence-corrected chi connectivity index (χ0v) is 13.5. The van der Waals surface area contributed by atoms with Crippen LogP contribution in [-0.2, 0) is 17.3 Å². The van der Waals surface area contributed by atoms with Gasteiger partial charge in [-0.1, -0.05) is 30.3 Å². The van der Waals surface area contributed by atoms with Crippen LogP contribution in [0.1, 0.15) is 31.2 Å². The van der Waals surface area contributed by atoms with Crippen LogP contribution in [-0.4, -0.2) is 45.8 Å². The Balaban J connectivity index is 1.40. The Kier molecular flexibility index (Phi) is 5.44. The van der Waals surface area contributed by atoms with Crippen molar-refractivity contribution < 1.29 is 4.21 Å². The van der Waals surface area contributed by atoms with Gasteiger partial charge in [0.25, 0.3) is 0 Å². The Morgan fingerprint density at radius 2 is 1.62 bits per heavy atom. The molecule has 0 saturated carbocycles. The van der Waals surface area contributed by atoms with Crippen molar-refractivity contribution in [3.63, 3.8) is 0 Å². The van der Waals surface area contributed by atoms with Crippen LogP contribution in [0.2, 0.25) is 0 Å². The molecule has 1 aromatic carbocycles. The van der Waals surface area contributed by atoms with Gasteiger partial charge in [0.15, 0.2) is 0 Å². The van der Waals surface area contributed by atoms with Crippen LogP contribution in [0.5, 0.6) is 0 Å². The van der Waals surface area contributed by atoms with Gasteiger partial charge < -0.3 is 5.32 Å². The molecule has 1 aromatic rings. The van der Waals surface area contributed by atoms with Crippen LogP contribution in [0.25, 0.3) is 0 Å². The number of piperidine rings is 1. The predicted molar refractivity (Wildman–Crippen MR) is 88.8 cm³/mol. The molecule has 3 rings (SSSR count). The minimum Gasteiger partial charge on any atom is -0.311 e. The number of nitrogens with one attached hydrogen (secondary N) is 1. The Labute approximate surface area is 130 Å². The van der Waals surface area contributed by atoms with Crippen molar-refractivity contribution in [1.82, 2.24) is 10.2 Å². The van der Waals surface area contributed by atoms with E-state index in [1.807, 2.05) is 0 Å². The Morgan fingerprint density at radius 3 is 2.29 bits per heavy atom. The lowest BCUT2D eigenvalue weighted by molar-refractivity contribution is 0.182. The van der Waals surface area contributed by atoms with Crippen molar-refractivity contribution in [2.75, 3.05) is 24.6 Å². The highest BCUT2D eigenvalue weighted by Gasteiger charge is 2.24. The maximum Gasteiger partial charge on any atom is 0.0249 e. The fourth-order valence-electron chi connectivity index (χ4n) is 3.39.